The number of nitrogens with one attached hydrogen (secondary N) is 1. The SMILES string of the molecule is O=c1[nH]c(-c2ccc(OCCN3CCN(Cc4ccccc4)CC3)cn2)no1. The van der Waals surface area contributed by atoms with Gasteiger partial charge in [-0.15, -0.1) is 0 Å². The van der Waals surface area contributed by atoms with Crippen molar-refractivity contribution in [3.8, 4) is 17.3 Å². The van der Waals surface area contributed by atoms with Crippen molar-refractivity contribution < 1.29 is 9.26 Å². The largest absolute Gasteiger partial charge is 0.491 e. The second-order valence-corrected chi connectivity index (χ2v) is 6.77. The number of piperazine rings is 1. The molecule has 0 atom stereocenters. The van der Waals surface area contributed by atoms with Crippen molar-refractivity contribution in [3.05, 3.63) is 64.8 Å². The van der Waals surface area contributed by atoms with Crippen molar-refractivity contribution in [2.75, 3.05) is 39.3 Å². The highest BCUT2D eigenvalue weighted by atomic mass is 16.5. The van der Waals surface area contributed by atoms with E-state index >= 15 is 0 Å². The number of hydrogen-bond acceptors (Lipinski definition) is 7. The molecular formula is C20H23N5O3. The van der Waals surface area contributed by atoms with Crippen LogP contribution in [0.15, 0.2) is 58.0 Å². The molecule has 28 heavy (non-hydrogen) atoms. The second-order valence-electron chi connectivity index (χ2n) is 6.77. The van der Waals surface area contributed by atoms with Crippen LogP contribution in [0.25, 0.3) is 11.5 Å². The highest BCUT2D eigenvalue weighted by molar-refractivity contribution is 5.48. The molecule has 3 aromatic rings. The van der Waals surface area contributed by atoms with Crippen LogP contribution in [0.2, 0.25) is 0 Å². The molecule has 0 radical (unpaired) electrons. The number of ether oxygens (including phenoxy) is 1. The summed E-state index contributed by atoms with van der Waals surface area (Å²) in [6, 6.07) is 14.2. The summed E-state index contributed by atoms with van der Waals surface area (Å²) >= 11 is 0. The highest BCUT2D eigenvalue weighted by Crippen LogP contribution is 2.15. The van der Waals surface area contributed by atoms with E-state index in [4.69, 9.17) is 4.74 Å². The molecule has 1 aliphatic rings. The molecule has 1 aliphatic heterocycles. The summed E-state index contributed by atoms with van der Waals surface area (Å²) in [5.74, 6) is 0.406. The minimum absolute atomic E-state index is 0.310. The summed E-state index contributed by atoms with van der Waals surface area (Å²) in [6.07, 6.45) is 1.63. The summed E-state index contributed by atoms with van der Waals surface area (Å²) in [6.45, 7) is 6.75. The van der Waals surface area contributed by atoms with E-state index in [1.165, 1.54) is 5.56 Å². The lowest BCUT2D eigenvalue weighted by Gasteiger charge is -2.34. The van der Waals surface area contributed by atoms with Gasteiger partial charge in [-0.2, -0.15) is 0 Å². The van der Waals surface area contributed by atoms with Gasteiger partial charge in [-0.3, -0.25) is 19.3 Å². The minimum atomic E-state index is -0.596. The first-order valence-corrected chi connectivity index (χ1v) is 9.40. The first kappa shape index (κ1) is 18.4. The number of nitrogens with zero attached hydrogens (tertiary/aromatic N) is 4. The van der Waals surface area contributed by atoms with Crippen molar-refractivity contribution >= 4 is 0 Å². The Morgan fingerprint density at radius 2 is 1.82 bits per heavy atom. The van der Waals surface area contributed by atoms with Crippen LogP contribution >= 0.6 is 0 Å². The molecule has 4 rings (SSSR count). The van der Waals surface area contributed by atoms with Gasteiger partial charge in [-0.1, -0.05) is 35.5 Å². The molecular weight excluding hydrogens is 358 g/mol. The minimum Gasteiger partial charge on any atom is -0.491 e. The second kappa shape index (κ2) is 8.81. The first-order chi connectivity index (χ1) is 13.8. The van der Waals surface area contributed by atoms with E-state index < -0.39 is 5.76 Å². The number of aromatic amines is 1. The Morgan fingerprint density at radius 1 is 1.04 bits per heavy atom. The molecule has 146 valence electrons. The van der Waals surface area contributed by atoms with E-state index in [9.17, 15) is 4.79 Å². The average molecular weight is 381 g/mol. The van der Waals surface area contributed by atoms with Crippen LogP contribution in [0, 0.1) is 0 Å². The third-order valence-electron chi connectivity index (χ3n) is 4.81. The van der Waals surface area contributed by atoms with Crippen molar-refractivity contribution in [2.45, 2.75) is 6.54 Å². The quantitative estimate of drug-likeness (QED) is 0.665. The molecule has 0 saturated carbocycles. The van der Waals surface area contributed by atoms with E-state index in [1.54, 1.807) is 12.3 Å². The van der Waals surface area contributed by atoms with Crippen LogP contribution < -0.4 is 10.5 Å². The molecule has 8 nitrogen and oxygen atoms in total. The van der Waals surface area contributed by atoms with Crippen LogP contribution in [0.4, 0.5) is 0 Å². The fourth-order valence-electron chi connectivity index (χ4n) is 3.25. The zero-order valence-electron chi connectivity index (χ0n) is 15.6. The first-order valence-electron chi connectivity index (χ1n) is 9.40. The van der Waals surface area contributed by atoms with E-state index in [1.807, 2.05) is 6.07 Å². The number of benzene rings is 1. The van der Waals surface area contributed by atoms with Gasteiger partial charge in [0.1, 0.15) is 18.1 Å². The molecule has 1 saturated heterocycles. The number of aromatic nitrogens is 3. The molecule has 1 N–H and O–H groups in total. The van der Waals surface area contributed by atoms with Gasteiger partial charge < -0.3 is 4.74 Å². The molecule has 3 heterocycles. The highest BCUT2D eigenvalue weighted by Gasteiger charge is 2.16. The molecule has 1 fully saturated rings. The van der Waals surface area contributed by atoms with Gasteiger partial charge >= 0.3 is 5.76 Å². The van der Waals surface area contributed by atoms with E-state index in [0.717, 1.165) is 39.3 Å². The fraction of sp³-hybridized carbons (Fsp3) is 0.350. The lowest BCUT2D eigenvalue weighted by molar-refractivity contribution is 0.112. The van der Waals surface area contributed by atoms with Gasteiger partial charge in [0.15, 0.2) is 0 Å². The molecule has 2 aromatic heterocycles. The Morgan fingerprint density at radius 3 is 2.50 bits per heavy atom. The predicted molar refractivity (Wildman–Crippen MR) is 104 cm³/mol. The van der Waals surface area contributed by atoms with Crippen LogP contribution in [0.1, 0.15) is 5.56 Å². The maximum absolute atomic E-state index is 11.0. The Balaban J connectivity index is 1.18. The van der Waals surface area contributed by atoms with Gasteiger partial charge in [0.2, 0.25) is 5.82 Å². The Kier molecular flexibility index (Phi) is 5.79. The van der Waals surface area contributed by atoms with Gasteiger partial charge in [0, 0.05) is 39.3 Å². The van der Waals surface area contributed by atoms with Crippen molar-refractivity contribution in [1.29, 1.82) is 0 Å². The monoisotopic (exact) mass is 381 g/mol. The van der Waals surface area contributed by atoms with E-state index in [-0.39, 0.29) is 0 Å². The normalized spacial score (nSPS) is 15.6. The molecule has 0 aliphatic carbocycles. The lowest BCUT2D eigenvalue weighted by Crippen LogP contribution is -2.47. The third-order valence-corrected chi connectivity index (χ3v) is 4.81. The van der Waals surface area contributed by atoms with Gasteiger partial charge in [0.05, 0.1) is 6.20 Å². The number of rotatable bonds is 7. The molecule has 8 heteroatoms. The lowest BCUT2D eigenvalue weighted by atomic mass is 10.2. The number of hydrogen-bond donors (Lipinski definition) is 1. The Labute approximate surface area is 162 Å². The van der Waals surface area contributed by atoms with Crippen LogP contribution in [-0.4, -0.2) is 64.3 Å². The standard InChI is InChI=1S/C20H23N5O3/c26-20-22-19(23-28-20)18-7-6-17(14-21-18)27-13-12-24-8-10-25(11-9-24)15-16-4-2-1-3-5-16/h1-7,14H,8-13,15H2,(H,22,23,26). The molecule has 0 bridgehead atoms. The number of pyridine rings is 1. The topological polar surface area (TPSA) is 87.5 Å². The summed E-state index contributed by atoms with van der Waals surface area (Å²) in [4.78, 5) is 22.6. The zero-order chi connectivity index (χ0) is 19.2. The Bertz CT molecular complexity index is 915. The van der Waals surface area contributed by atoms with Crippen molar-refractivity contribution in [3.63, 3.8) is 0 Å². The molecule has 0 amide bonds. The number of H-pyrrole nitrogens is 1. The Hall–Kier alpha value is -2.97. The smallest absolute Gasteiger partial charge is 0.439 e. The maximum atomic E-state index is 11.0. The van der Waals surface area contributed by atoms with Crippen molar-refractivity contribution in [1.82, 2.24) is 24.9 Å². The van der Waals surface area contributed by atoms with Crippen LogP contribution in [-0.2, 0) is 6.54 Å². The molecule has 0 spiro atoms. The van der Waals surface area contributed by atoms with E-state index in [2.05, 4.69) is 59.8 Å². The predicted octanol–water partition coefficient (Wildman–Crippen LogP) is 1.62. The van der Waals surface area contributed by atoms with Crippen LogP contribution in [0.3, 0.4) is 0 Å². The van der Waals surface area contributed by atoms with Gasteiger partial charge in [-0.05, 0) is 17.7 Å². The third kappa shape index (κ3) is 4.85. The zero-order valence-corrected chi connectivity index (χ0v) is 15.6. The fourth-order valence-corrected chi connectivity index (χ4v) is 3.25. The van der Waals surface area contributed by atoms with Gasteiger partial charge in [0.25, 0.3) is 0 Å². The summed E-state index contributed by atoms with van der Waals surface area (Å²) in [7, 11) is 0. The van der Waals surface area contributed by atoms with Crippen molar-refractivity contribution in [2.24, 2.45) is 0 Å². The summed E-state index contributed by atoms with van der Waals surface area (Å²) in [5, 5.41) is 3.61. The molecule has 0 unspecified atom stereocenters. The summed E-state index contributed by atoms with van der Waals surface area (Å²) in [5.41, 5.74) is 1.90. The maximum Gasteiger partial charge on any atom is 0.439 e. The van der Waals surface area contributed by atoms with Crippen LogP contribution in [0.5, 0.6) is 5.75 Å². The average Bonchev–Trinajstić information content (AvgIpc) is 3.17. The summed E-state index contributed by atoms with van der Waals surface area (Å²) < 4.78 is 10.3. The van der Waals surface area contributed by atoms with E-state index in [0.29, 0.717) is 23.9 Å². The van der Waals surface area contributed by atoms with Gasteiger partial charge in [-0.25, -0.2) is 9.78 Å². The molecule has 1 aromatic carbocycles.